The van der Waals surface area contributed by atoms with Crippen LogP contribution in [-0.2, 0) is 0 Å². The normalized spacial score (nSPS) is 16.0. The summed E-state index contributed by atoms with van der Waals surface area (Å²) < 4.78 is 0. The number of aliphatic imine (C=N–C) groups is 1. The number of nitro groups is 1. The van der Waals surface area contributed by atoms with Gasteiger partial charge in [0.1, 0.15) is 5.69 Å². The Labute approximate surface area is 139 Å². The Balaban J connectivity index is 2.32. The Morgan fingerprint density at radius 1 is 1.52 bits per heavy atom. The van der Waals surface area contributed by atoms with E-state index in [0.717, 1.165) is 25.9 Å². The Bertz CT molecular complexity index is 648. The molecule has 1 fully saturated rings. The van der Waals surface area contributed by atoms with Crippen molar-refractivity contribution < 1.29 is 4.92 Å². The van der Waals surface area contributed by atoms with Gasteiger partial charge in [0.05, 0.1) is 10.6 Å². The highest BCUT2D eigenvalue weighted by atomic mass is 32.2. The quantitative estimate of drug-likeness (QED) is 0.228. The van der Waals surface area contributed by atoms with Gasteiger partial charge in [0.15, 0.2) is 11.4 Å². The van der Waals surface area contributed by atoms with Crippen LogP contribution < -0.4 is 10.2 Å². The number of hydrogen-bond donors (Lipinski definition) is 1. The third kappa shape index (κ3) is 4.36. The molecule has 0 aliphatic carbocycles. The molecule has 1 aliphatic rings. The zero-order valence-electron chi connectivity index (χ0n) is 13.2. The van der Waals surface area contributed by atoms with Crippen molar-refractivity contribution in [3.05, 3.63) is 28.3 Å². The van der Waals surface area contributed by atoms with E-state index >= 15 is 0 Å². The van der Waals surface area contributed by atoms with Gasteiger partial charge in [-0.15, -0.1) is 0 Å². The lowest BCUT2D eigenvalue weighted by molar-refractivity contribution is -0.384. The molecule has 1 aromatic carbocycles. The molecule has 1 aromatic rings. The van der Waals surface area contributed by atoms with Crippen LogP contribution in [0.3, 0.4) is 0 Å². The maximum Gasteiger partial charge on any atom is 0.294 e. The van der Waals surface area contributed by atoms with Gasteiger partial charge in [-0.3, -0.25) is 15.4 Å². The number of nitro benzene ring substituents is 1. The SMILES string of the molecule is CSC(=Nc1ccc(N2CCC(C)CC2)c([N+](=O)[O-])c1)NC#N. The number of rotatable bonds is 3. The fourth-order valence-electron chi connectivity index (χ4n) is 2.53. The Morgan fingerprint density at radius 3 is 2.78 bits per heavy atom. The molecular formula is C15H19N5O2S. The second-order valence-electron chi connectivity index (χ2n) is 5.46. The minimum Gasteiger partial charge on any atom is -0.366 e. The first-order chi connectivity index (χ1) is 11.0. The summed E-state index contributed by atoms with van der Waals surface area (Å²) in [6.07, 6.45) is 5.66. The molecule has 0 spiro atoms. The van der Waals surface area contributed by atoms with Crippen molar-refractivity contribution >= 4 is 34.0 Å². The van der Waals surface area contributed by atoms with Gasteiger partial charge in [0.2, 0.25) is 0 Å². The van der Waals surface area contributed by atoms with E-state index in [1.165, 1.54) is 17.8 Å². The summed E-state index contributed by atoms with van der Waals surface area (Å²) in [6.45, 7) is 3.86. The molecule has 0 aromatic heterocycles. The van der Waals surface area contributed by atoms with Gasteiger partial charge in [0, 0.05) is 19.2 Å². The highest BCUT2D eigenvalue weighted by Crippen LogP contribution is 2.34. The highest BCUT2D eigenvalue weighted by Gasteiger charge is 2.23. The molecule has 0 bridgehead atoms. The minimum absolute atomic E-state index is 0.0539. The second kappa shape index (κ2) is 7.83. The van der Waals surface area contributed by atoms with Crippen LogP contribution in [0.4, 0.5) is 17.1 Å². The van der Waals surface area contributed by atoms with Gasteiger partial charge in [-0.25, -0.2) is 4.99 Å². The van der Waals surface area contributed by atoms with E-state index < -0.39 is 0 Å². The minimum atomic E-state index is -0.372. The van der Waals surface area contributed by atoms with Gasteiger partial charge in [-0.1, -0.05) is 18.7 Å². The van der Waals surface area contributed by atoms with Crippen LogP contribution in [0.1, 0.15) is 19.8 Å². The van der Waals surface area contributed by atoms with Crippen molar-refractivity contribution in [1.29, 1.82) is 5.26 Å². The molecule has 0 saturated carbocycles. The van der Waals surface area contributed by atoms with Crippen molar-refractivity contribution in [3.63, 3.8) is 0 Å². The van der Waals surface area contributed by atoms with E-state index in [4.69, 9.17) is 5.26 Å². The van der Waals surface area contributed by atoms with Crippen LogP contribution in [0, 0.1) is 27.5 Å². The largest absolute Gasteiger partial charge is 0.366 e. The van der Waals surface area contributed by atoms with Crippen LogP contribution in [-0.4, -0.2) is 29.4 Å². The van der Waals surface area contributed by atoms with E-state index in [-0.39, 0.29) is 10.6 Å². The summed E-state index contributed by atoms with van der Waals surface area (Å²) in [4.78, 5) is 17.3. The molecule has 0 unspecified atom stereocenters. The van der Waals surface area contributed by atoms with Crippen molar-refractivity contribution in [3.8, 4) is 6.19 Å². The molecule has 1 aliphatic heterocycles. The predicted octanol–water partition coefficient (Wildman–Crippen LogP) is 3.25. The molecular weight excluding hydrogens is 314 g/mol. The number of nitrogens with one attached hydrogen (secondary N) is 1. The number of hydrogen-bond acceptors (Lipinski definition) is 6. The number of thioether (sulfide) groups is 1. The number of anilines is 1. The fraction of sp³-hybridized carbons (Fsp3) is 0.467. The first-order valence-corrected chi connectivity index (χ1v) is 8.58. The van der Waals surface area contributed by atoms with Gasteiger partial charge in [-0.2, -0.15) is 5.26 Å². The first-order valence-electron chi connectivity index (χ1n) is 7.36. The van der Waals surface area contributed by atoms with Crippen LogP contribution in [0.2, 0.25) is 0 Å². The number of piperidine rings is 1. The Hall–Kier alpha value is -2.27. The predicted molar refractivity (Wildman–Crippen MR) is 93.1 cm³/mol. The summed E-state index contributed by atoms with van der Waals surface area (Å²) in [5, 5.41) is 22.9. The molecule has 0 atom stereocenters. The van der Waals surface area contributed by atoms with Crippen molar-refractivity contribution in [1.82, 2.24) is 5.32 Å². The van der Waals surface area contributed by atoms with Crippen molar-refractivity contribution in [2.75, 3.05) is 24.2 Å². The van der Waals surface area contributed by atoms with Crippen LogP contribution >= 0.6 is 11.8 Å². The lowest BCUT2D eigenvalue weighted by Crippen LogP contribution is -2.33. The summed E-state index contributed by atoms with van der Waals surface area (Å²) >= 11 is 1.27. The van der Waals surface area contributed by atoms with Gasteiger partial charge in [0.25, 0.3) is 5.69 Å². The maximum atomic E-state index is 11.4. The average Bonchev–Trinajstić information content (AvgIpc) is 2.55. The maximum absolute atomic E-state index is 11.4. The van der Waals surface area contributed by atoms with Gasteiger partial charge in [-0.05, 0) is 37.1 Å². The second-order valence-corrected chi connectivity index (χ2v) is 6.25. The smallest absolute Gasteiger partial charge is 0.294 e. The molecule has 7 nitrogen and oxygen atoms in total. The Kier molecular flexibility index (Phi) is 5.82. The number of nitriles is 1. The van der Waals surface area contributed by atoms with Crippen molar-refractivity contribution in [2.24, 2.45) is 10.9 Å². The van der Waals surface area contributed by atoms with E-state index in [1.807, 2.05) is 0 Å². The van der Waals surface area contributed by atoms with Gasteiger partial charge < -0.3 is 4.90 Å². The molecule has 1 N–H and O–H groups in total. The standard InChI is InChI=1S/C15H19N5O2S/c1-11-5-7-19(8-6-11)13-4-3-12(9-14(13)20(21)22)18-15(23-2)17-10-16/h3-4,9,11H,5-8H2,1-2H3,(H,17,18). The molecule has 23 heavy (non-hydrogen) atoms. The van der Waals surface area contributed by atoms with E-state index in [2.05, 4.69) is 22.1 Å². The summed E-state index contributed by atoms with van der Waals surface area (Å²) in [5.41, 5.74) is 1.15. The first kappa shape index (κ1) is 17.1. The Morgan fingerprint density at radius 2 is 2.22 bits per heavy atom. The monoisotopic (exact) mass is 333 g/mol. The summed E-state index contributed by atoms with van der Waals surface area (Å²) in [6, 6.07) is 4.95. The lowest BCUT2D eigenvalue weighted by Gasteiger charge is -2.31. The molecule has 1 heterocycles. The fourth-order valence-corrected chi connectivity index (χ4v) is 2.88. The molecule has 0 radical (unpaired) electrons. The van der Waals surface area contributed by atoms with E-state index in [1.54, 1.807) is 24.6 Å². The zero-order valence-corrected chi connectivity index (χ0v) is 14.0. The highest BCUT2D eigenvalue weighted by molar-refractivity contribution is 8.13. The summed E-state index contributed by atoms with van der Waals surface area (Å²) in [5.74, 6) is 0.662. The van der Waals surface area contributed by atoms with E-state index in [0.29, 0.717) is 22.5 Å². The lowest BCUT2D eigenvalue weighted by atomic mass is 9.98. The molecule has 1 saturated heterocycles. The molecule has 0 amide bonds. The topological polar surface area (TPSA) is 94.6 Å². The zero-order chi connectivity index (χ0) is 16.8. The number of nitrogens with zero attached hydrogens (tertiary/aromatic N) is 4. The summed E-state index contributed by atoms with van der Waals surface area (Å²) in [7, 11) is 0. The number of benzene rings is 1. The molecule has 122 valence electrons. The van der Waals surface area contributed by atoms with Crippen LogP contribution in [0.5, 0.6) is 0 Å². The van der Waals surface area contributed by atoms with Crippen LogP contribution in [0.15, 0.2) is 23.2 Å². The molecule has 8 heteroatoms. The van der Waals surface area contributed by atoms with Gasteiger partial charge >= 0.3 is 0 Å². The van der Waals surface area contributed by atoms with Crippen molar-refractivity contribution in [2.45, 2.75) is 19.8 Å². The third-order valence-corrected chi connectivity index (χ3v) is 4.45. The van der Waals surface area contributed by atoms with Crippen LogP contribution in [0.25, 0.3) is 0 Å². The number of amidine groups is 1. The molecule has 2 rings (SSSR count). The van der Waals surface area contributed by atoms with E-state index in [9.17, 15) is 10.1 Å². The average molecular weight is 333 g/mol. The third-order valence-electron chi connectivity index (χ3n) is 3.87.